The molecule has 0 spiro atoms. The topological polar surface area (TPSA) is 84.9 Å². The number of aliphatic carboxylic acids is 1. The Labute approximate surface area is 112 Å². The van der Waals surface area contributed by atoms with E-state index in [0.717, 1.165) is 26.1 Å². The summed E-state index contributed by atoms with van der Waals surface area (Å²) in [6.45, 7) is 2.56. The Bertz CT molecular complexity index is 334. The van der Waals surface area contributed by atoms with Crippen LogP contribution in [-0.2, 0) is 19.1 Å². The second-order valence-corrected chi connectivity index (χ2v) is 5.18. The summed E-state index contributed by atoms with van der Waals surface area (Å²) in [6, 6.07) is 0. The van der Waals surface area contributed by atoms with Crippen LogP contribution in [0.15, 0.2) is 0 Å². The number of carbonyl (C=O) groups is 2. The largest absolute Gasteiger partial charge is 0.480 e. The summed E-state index contributed by atoms with van der Waals surface area (Å²) >= 11 is 0. The molecule has 1 saturated carbocycles. The van der Waals surface area contributed by atoms with Gasteiger partial charge in [0.1, 0.15) is 5.41 Å². The molecule has 0 atom stereocenters. The van der Waals surface area contributed by atoms with Crippen molar-refractivity contribution in [3.8, 4) is 0 Å². The van der Waals surface area contributed by atoms with Crippen LogP contribution in [0.1, 0.15) is 32.1 Å². The van der Waals surface area contributed by atoms with E-state index < -0.39 is 11.4 Å². The number of hydrogen-bond acceptors (Lipinski definition) is 4. The standard InChI is InChI=1S/C13H21NO5/c15-11(13(4-5-13)12(16)17)14-6-1-7-19-10-2-8-18-9-3-10/h10H,1-9H2,(H,14,15)(H,16,17). The summed E-state index contributed by atoms with van der Waals surface area (Å²) < 4.78 is 10.9. The molecule has 19 heavy (non-hydrogen) atoms. The molecular weight excluding hydrogens is 250 g/mol. The van der Waals surface area contributed by atoms with E-state index in [0.29, 0.717) is 32.4 Å². The van der Waals surface area contributed by atoms with Gasteiger partial charge in [0.25, 0.3) is 0 Å². The Morgan fingerprint density at radius 2 is 2.00 bits per heavy atom. The Balaban J connectivity index is 1.54. The van der Waals surface area contributed by atoms with Crippen LogP contribution < -0.4 is 5.32 Å². The zero-order chi connectivity index (χ0) is 13.7. The lowest BCUT2D eigenvalue weighted by molar-refractivity contribution is -0.149. The lowest BCUT2D eigenvalue weighted by Crippen LogP contribution is -2.37. The van der Waals surface area contributed by atoms with Crippen LogP contribution in [0.4, 0.5) is 0 Å². The van der Waals surface area contributed by atoms with Crippen molar-refractivity contribution in [1.82, 2.24) is 5.32 Å². The molecule has 1 amide bonds. The van der Waals surface area contributed by atoms with Crippen LogP contribution >= 0.6 is 0 Å². The number of carboxylic acids is 1. The average molecular weight is 271 g/mol. The van der Waals surface area contributed by atoms with Crippen molar-refractivity contribution < 1.29 is 24.2 Å². The van der Waals surface area contributed by atoms with Crippen LogP contribution in [0, 0.1) is 5.41 Å². The van der Waals surface area contributed by atoms with Crippen molar-refractivity contribution in [3.63, 3.8) is 0 Å². The van der Waals surface area contributed by atoms with Gasteiger partial charge in [-0.05, 0) is 32.1 Å². The molecular formula is C13H21NO5. The van der Waals surface area contributed by atoms with Gasteiger partial charge in [0.2, 0.25) is 5.91 Å². The monoisotopic (exact) mass is 271 g/mol. The van der Waals surface area contributed by atoms with Gasteiger partial charge < -0.3 is 19.9 Å². The molecule has 2 aliphatic rings. The average Bonchev–Trinajstić information content (AvgIpc) is 3.21. The highest BCUT2D eigenvalue weighted by Gasteiger charge is 2.56. The molecule has 108 valence electrons. The van der Waals surface area contributed by atoms with Crippen LogP contribution in [-0.4, -0.2) is 49.5 Å². The first-order valence-electron chi connectivity index (χ1n) is 6.86. The van der Waals surface area contributed by atoms with Gasteiger partial charge in [-0.25, -0.2) is 0 Å². The van der Waals surface area contributed by atoms with Gasteiger partial charge in [-0.1, -0.05) is 0 Å². The Kier molecular flexibility index (Phi) is 4.76. The number of amides is 1. The highest BCUT2D eigenvalue weighted by molar-refractivity contribution is 6.04. The molecule has 6 heteroatoms. The molecule has 0 radical (unpaired) electrons. The predicted octanol–water partition coefficient (Wildman–Crippen LogP) is 0.553. The van der Waals surface area contributed by atoms with Crippen molar-refractivity contribution in [2.45, 2.75) is 38.2 Å². The molecule has 2 N–H and O–H groups in total. The maximum atomic E-state index is 11.7. The van der Waals surface area contributed by atoms with E-state index in [1.807, 2.05) is 0 Å². The van der Waals surface area contributed by atoms with E-state index in [-0.39, 0.29) is 12.0 Å². The fourth-order valence-corrected chi connectivity index (χ4v) is 2.20. The summed E-state index contributed by atoms with van der Waals surface area (Å²) in [4.78, 5) is 22.6. The minimum absolute atomic E-state index is 0.262. The van der Waals surface area contributed by atoms with Crippen molar-refractivity contribution in [2.75, 3.05) is 26.4 Å². The molecule has 0 aromatic rings. The fourth-order valence-electron chi connectivity index (χ4n) is 2.20. The number of rotatable bonds is 7. The Hall–Kier alpha value is -1.14. The van der Waals surface area contributed by atoms with Gasteiger partial charge in [-0.15, -0.1) is 0 Å². The number of ether oxygens (including phenoxy) is 2. The summed E-state index contributed by atoms with van der Waals surface area (Å²) in [7, 11) is 0. The quantitative estimate of drug-likeness (QED) is 0.522. The van der Waals surface area contributed by atoms with Gasteiger partial charge in [0.05, 0.1) is 6.10 Å². The summed E-state index contributed by atoms with van der Waals surface area (Å²) in [5.74, 6) is -1.37. The molecule has 1 aliphatic carbocycles. The third-order valence-corrected chi connectivity index (χ3v) is 3.72. The predicted molar refractivity (Wildman–Crippen MR) is 66.7 cm³/mol. The van der Waals surface area contributed by atoms with E-state index in [9.17, 15) is 9.59 Å². The van der Waals surface area contributed by atoms with Gasteiger partial charge in [-0.3, -0.25) is 9.59 Å². The van der Waals surface area contributed by atoms with Crippen LogP contribution in [0.25, 0.3) is 0 Å². The lowest BCUT2D eigenvalue weighted by Gasteiger charge is -2.22. The van der Waals surface area contributed by atoms with Crippen molar-refractivity contribution in [3.05, 3.63) is 0 Å². The van der Waals surface area contributed by atoms with E-state index in [2.05, 4.69) is 5.32 Å². The number of hydrogen-bond donors (Lipinski definition) is 2. The van der Waals surface area contributed by atoms with Gasteiger partial charge in [0.15, 0.2) is 0 Å². The zero-order valence-electron chi connectivity index (χ0n) is 11.0. The number of carbonyl (C=O) groups excluding carboxylic acids is 1. The molecule has 6 nitrogen and oxygen atoms in total. The first kappa shape index (κ1) is 14.3. The van der Waals surface area contributed by atoms with E-state index >= 15 is 0 Å². The van der Waals surface area contributed by atoms with Crippen LogP contribution in [0.2, 0.25) is 0 Å². The third kappa shape index (κ3) is 3.67. The fraction of sp³-hybridized carbons (Fsp3) is 0.846. The second kappa shape index (κ2) is 6.34. The van der Waals surface area contributed by atoms with Gasteiger partial charge >= 0.3 is 5.97 Å². The van der Waals surface area contributed by atoms with Gasteiger partial charge in [-0.2, -0.15) is 0 Å². The maximum absolute atomic E-state index is 11.7. The second-order valence-electron chi connectivity index (χ2n) is 5.18. The number of nitrogens with one attached hydrogen (secondary N) is 1. The molecule has 0 aromatic carbocycles. The van der Waals surface area contributed by atoms with Crippen molar-refractivity contribution in [2.24, 2.45) is 5.41 Å². The van der Waals surface area contributed by atoms with Crippen molar-refractivity contribution >= 4 is 11.9 Å². The summed E-state index contributed by atoms with van der Waals surface area (Å²) in [5.41, 5.74) is -1.14. The molecule has 0 aromatic heterocycles. The van der Waals surface area contributed by atoms with Crippen molar-refractivity contribution in [1.29, 1.82) is 0 Å². The van der Waals surface area contributed by atoms with Gasteiger partial charge in [0, 0.05) is 26.4 Å². The highest BCUT2D eigenvalue weighted by Crippen LogP contribution is 2.45. The smallest absolute Gasteiger partial charge is 0.319 e. The molecule has 1 saturated heterocycles. The molecule has 0 unspecified atom stereocenters. The summed E-state index contributed by atoms with van der Waals surface area (Å²) in [5, 5.41) is 11.6. The Morgan fingerprint density at radius 1 is 1.32 bits per heavy atom. The molecule has 2 rings (SSSR count). The highest BCUT2D eigenvalue weighted by atomic mass is 16.5. The third-order valence-electron chi connectivity index (χ3n) is 3.72. The van der Waals surface area contributed by atoms with E-state index in [4.69, 9.17) is 14.6 Å². The normalized spacial score (nSPS) is 21.9. The molecule has 1 aliphatic heterocycles. The maximum Gasteiger partial charge on any atom is 0.319 e. The molecule has 1 heterocycles. The molecule has 0 bridgehead atoms. The minimum Gasteiger partial charge on any atom is -0.480 e. The molecule has 2 fully saturated rings. The first-order chi connectivity index (χ1) is 9.15. The number of carboxylic acid groups (broad SMARTS) is 1. The van der Waals surface area contributed by atoms with Crippen LogP contribution in [0.3, 0.4) is 0 Å². The van der Waals surface area contributed by atoms with E-state index in [1.165, 1.54) is 0 Å². The summed E-state index contributed by atoms with van der Waals surface area (Å²) in [6.07, 6.45) is 3.72. The van der Waals surface area contributed by atoms with Crippen LogP contribution in [0.5, 0.6) is 0 Å². The lowest BCUT2D eigenvalue weighted by atomic mass is 10.1. The Morgan fingerprint density at radius 3 is 2.58 bits per heavy atom. The minimum atomic E-state index is -1.14. The zero-order valence-corrected chi connectivity index (χ0v) is 11.0. The first-order valence-corrected chi connectivity index (χ1v) is 6.86. The SMILES string of the molecule is O=C(O)C1(C(=O)NCCCOC2CCOCC2)CC1. The van der Waals surface area contributed by atoms with E-state index in [1.54, 1.807) is 0 Å².